The van der Waals surface area contributed by atoms with Crippen LogP contribution in [0.3, 0.4) is 0 Å². The molecule has 0 heterocycles. The van der Waals surface area contributed by atoms with Gasteiger partial charge in [0.15, 0.2) is 5.75 Å². The molecule has 6 nitrogen and oxygen atoms in total. The molecule has 1 atom stereocenters. The summed E-state index contributed by atoms with van der Waals surface area (Å²) >= 11 is 6.66. The normalized spacial score (nSPS) is 11.7. The van der Waals surface area contributed by atoms with E-state index in [1.165, 1.54) is 37.8 Å². The third kappa shape index (κ3) is 9.81. The molecule has 0 bridgehead atoms. The maximum Gasteiger partial charge on any atom is 0.387 e. The molecular weight excluding hydrogens is 554 g/mol. The molecule has 32 heavy (non-hydrogen) atoms. The molecule has 10 heteroatoms. The standard InChI is InChI=1S/C16H13Br2F2NO4.C6H15N/c17-11-4-8(6-13(21)15(22)23)5-12(18)14(11)24-9-2-1-3-10(7-9)25-16(19)20;1-4-7(5-2)6-3/h1-5,7,13,16H,6,21H2,(H,22,23);4-6H2,1-3H3. The highest BCUT2D eigenvalue weighted by Gasteiger charge is 2.14. The number of hydrogen-bond donors (Lipinski definition) is 2. The molecule has 0 fully saturated rings. The number of rotatable bonds is 10. The number of alkyl halides is 2. The molecule has 0 aliphatic heterocycles. The maximum atomic E-state index is 12.3. The fraction of sp³-hybridized carbons (Fsp3) is 0.409. The lowest BCUT2D eigenvalue weighted by molar-refractivity contribution is -0.894. The number of ether oxygens (including phenoxy) is 2. The van der Waals surface area contributed by atoms with E-state index in [1.807, 2.05) is 0 Å². The Morgan fingerprint density at radius 3 is 2.03 bits per heavy atom. The van der Waals surface area contributed by atoms with E-state index in [2.05, 4.69) is 57.4 Å². The first-order valence-electron chi connectivity index (χ1n) is 10.1. The molecule has 2 aromatic rings. The van der Waals surface area contributed by atoms with Gasteiger partial charge in [-0.15, -0.1) is 0 Å². The smallest absolute Gasteiger partial charge is 0.387 e. The van der Waals surface area contributed by atoms with E-state index in [-0.39, 0.29) is 12.2 Å². The summed E-state index contributed by atoms with van der Waals surface area (Å²) in [6.45, 7) is 7.56. The Morgan fingerprint density at radius 1 is 1.06 bits per heavy atom. The third-order valence-electron chi connectivity index (χ3n) is 4.57. The molecule has 0 saturated carbocycles. The first-order chi connectivity index (χ1) is 15.1. The van der Waals surface area contributed by atoms with Gasteiger partial charge in [-0.05, 0) is 88.9 Å². The van der Waals surface area contributed by atoms with Crippen molar-refractivity contribution in [2.75, 3.05) is 19.6 Å². The highest BCUT2D eigenvalue weighted by atomic mass is 79.9. The molecule has 1 unspecified atom stereocenters. The van der Waals surface area contributed by atoms with E-state index in [4.69, 9.17) is 10.5 Å². The van der Waals surface area contributed by atoms with Gasteiger partial charge in [-0.1, -0.05) is 6.07 Å². The molecule has 2 aromatic carbocycles. The highest BCUT2D eigenvalue weighted by Crippen LogP contribution is 2.38. The Balaban J connectivity index is 0.000000633. The van der Waals surface area contributed by atoms with Crippen molar-refractivity contribution in [1.82, 2.24) is 0 Å². The van der Waals surface area contributed by atoms with Gasteiger partial charge in [0, 0.05) is 12.1 Å². The van der Waals surface area contributed by atoms with Crippen LogP contribution in [0.2, 0.25) is 0 Å². The summed E-state index contributed by atoms with van der Waals surface area (Å²) in [5.74, 6) is -0.696. The number of benzene rings is 2. The lowest BCUT2D eigenvalue weighted by Crippen LogP contribution is -3.11. The number of quaternary nitrogens is 1. The predicted octanol–water partition coefficient (Wildman–Crippen LogP) is 3.16. The first kappa shape index (κ1) is 28.3. The van der Waals surface area contributed by atoms with Gasteiger partial charge in [-0.2, -0.15) is 8.78 Å². The quantitative estimate of drug-likeness (QED) is 0.450. The fourth-order valence-corrected chi connectivity index (χ4v) is 4.19. The summed E-state index contributed by atoms with van der Waals surface area (Å²) in [4.78, 5) is 12.4. The van der Waals surface area contributed by atoms with Gasteiger partial charge in [-0.3, -0.25) is 0 Å². The van der Waals surface area contributed by atoms with E-state index in [1.54, 1.807) is 23.1 Å². The third-order valence-corrected chi connectivity index (χ3v) is 5.75. The van der Waals surface area contributed by atoms with Crippen LogP contribution in [0.4, 0.5) is 8.78 Å². The van der Waals surface area contributed by atoms with Crippen LogP contribution in [-0.2, 0) is 11.2 Å². The number of nitrogens with two attached hydrogens (primary N) is 1. The molecule has 0 spiro atoms. The summed E-state index contributed by atoms with van der Waals surface area (Å²) < 4.78 is 35.6. The van der Waals surface area contributed by atoms with Gasteiger partial charge in [0.1, 0.15) is 11.5 Å². The second kappa shape index (κ2) is 14.4. The number of hydrogen-bond acceptors (Lipinski definition) is 5. The highest BCUT2D eigenvalue weighted by molar-refractivity contribution is 9.11. The largest absolute Gasteiger partial charge is 0.548 e. The van der Waals surface area contributed by atoms with E-state index >= 15 is 0 Å². The molecule has 0 aromatic heterocycles. The zero-order valence-electron chi connectivity index (χ0n) is 18.2. The molecular formula is C22H28Br2F2N2O4. The van der Waals surface area contributed by atoms with Gasteiger partial charge in [0.2, 0.25) is 0 Å². The van der Waals surface area contributed by atoms with Gasteiger partial charge in [0.05, 0.1) is 34.5 Å². The van der Waals surface area contributed by atoms with Crippen LogP contribution in [0.5, 0.6) is 17.2 Å². The van der Waals surface area contributed by atoms with Crippen molar-refractivity contribution in [3.63, 3.8) is 0 Å². The van der Waals surface area contributed by atoms with Crippen LogP contribution in [0.15, 0.2) is 45.3 Å². The van der Waals surface area contributed by atoms with E-state index in [0.29, 0.717) is 26.0 Å². The maximum absolute atomic E-state index is 12.3. The molecule has 0 amide bonds. The molecule has 2 rings (SSSR count). The minimum atomic E-state index is -2.93. The Bertz CT molecular complexity index is 839. The Hall–Kier alpha value is -1.75. The number of carbonyl (C=O) groups is 1. The van der Waals surface area contributed by atoms with Crippen molar-refractivity contribution in [3.8, 4) is 17.2 Å². The summed E-state index contributed by atoms with van der Waals surface area (Å²) in [6, 6.07) is 7.98. The van der Waals surface area contributed by atoms with E-state index < -0.39 is 18.6 Å². The van der Waals surface area contributed by atoms with Crippen molar-refractivity contribution < 1.29 is 33.1 Å². The minimum Gasteiger partial charge on any atom is -0.548 e. The average molecular weight is 582 g/mol. The topological polar surface area (TPSA) is 89.1 Å². The van der Waals surface area contributed by atoms with Gasteiger partial charge in [0.25, 0.3) is 0 Å². The molecule has 0 aliphatic rings. The summed E-state index contributed by atoms with van der Waals surface area (Å²) in [5, 5.41) is 10.7. The number of carboxylic acids is 1. The molecule has 0 radical (unpaired) electrons. The van der Waals surface area contributed by atoms with Crippen molar-refractivity contribution in [1.29, 1.82) is 0 Å². The number of nitrogens with one attached hydrogen (secondary N) is 1. The Labute approximate surface area is 203 Å². The number of aliphatic carboxylic acids is 1. The summed E-state index contributed by atoms with van der Waals surface area (Å²) in [5.41, 5.74) is 6.12. The lowest BCUT2D eigenvalue weighted by Gasteiger charge is -2.16. The SMILES string of the molecule is CC[NH+](CC)CC.NC(Cc1cc(Br)c(Oc2cccc(OC(F)F)c2)c(Br)c1)C(=O)[O-]. The van der Waals surface area contributed by atoms with E-state index in [0.717, 1.165) is 0 Å². The number of carbonyl (C=O) groups excluding carboxylic acids is 1. The van der Waals surface area contributed by atoms with Crippen LogP contribution in [-0.4, -0.2) is 38.3 Å². The van der Waals surface area contributed by atoms with Gasteiger partial charge < -0.3 is 30.0 Å². The second-order valence-electron chi connectivity index (χ2n) is 6.78. The Kier molecular flexibility index (Phi) is 12.7. The zero-order valence-corrected chi connectivity index (χ0v) is 21.3. The molecule has 3 N–H and O–H groups in total. The second-order valence-corrected chi connectivity index (χ2v) is 8.49. The van der Waals surface area contributed by atoms with Crippen molar-refractivity contribution in [2.24, 2.45) is 5.73 Å². The van der Waals surface area contributed by atoms with Gasteiger partial charge in [-0.25, -0.2) is 0 Å². The minimum absolute atomic E-state index is 0.0312. The zero-order chi connectivity index (χ0) is 24.3. The van der Waals surface area contributed by atoms with Crippen LogP contribution >= 0.6 is 31.9 Å². The fourth-order valence-electron chi connectivity index (χ4n) is 2.75. The molecule has 0 saturated heterocycles. The van der Waals surface area contributed by atoms with Crippen molar-refractivity contribution in [2.45, 2.75) is 39.8 Å². The lowest BCUT2D eigenvalue weighted by atomic mass is 10.1. The monoisotopic (exact) mass is 580 g/mol. The van der Waals surface area contributed by atoms with Gasteiger partial charge >= 0.3 is 6.61 Å². The average Bonchev–Trinajstić information content (AvgIpc) is 2.72. The van der Waals surface area contributed by atoms with Crippen LogP contribution in [0.1, 0.15) is 26.3 Å². The van der Waals surface area contributed by atoms with Crippen LogP contribution < -0.4 is 25.2 Å². The predicted molar refractivity (Wildman–Crippen MR) is 124 cm³/mol. The van der Waals surface area contributed by atoms with Crippen molar-refractivity contribution in [3.05, 3.63) is 50.9 Å². The number of carboxylic acid groups (broad SMARTS) is 1. The summed E-state index contributed by atoms with van der Waals surface area (Å²) in [6.07, 6.45) is 0.0809. The summed E-state index contributed by atoms with van der Waals surface area (Å²) in [7, 11) is 0. The first-order valence-corrected chi connectivity index (χ1v) is 11.7. The molecule has 178 valence electrons. The van der Waals surface area contributed by atoms with Crippen LogP contribution in [0, 0.1) is 0 Å². The Morgan fingerprint density at radius 2 is 1.59 bits per heavy atom. The molecule has 0 aliphatic carbocycles. The number of halogens is 4. The van der Waals surface area contributed by atoms with Crippen molar-refractivity contribution >= 4 is 37.8 Å². The van der Waals surface area contributed by atoms with E-state index in [9.17, 15) is 18.7 Å². The van der Waals surface area contributed by atoms with Crippen LogP contribution in [0.25, 0.3) is 0 Å².